The Bertz CT molecular complexity index is 366. The zero-order valence-corrected chi connectivity index (χ0v) is 11.9. The van der Waals surface area contributed by atoms with Gasteiger partial charge in [-0.3, -0.25) is 4.90 Å². The van der Waals surface area contributed by atoms with Crippen molar-refractivity contribution in [1.29, 1.82) is 0 Å². The molecule has 0 radical (unpaired) electrons. The van der Waals surface area contributed by atoms with Gasteiger partial charge in [0.15, 0.2) is 0 Å². The first-order chi connectivity index (χ1) is 8.44. The van der Waals surface area contributed by atoms with Crippen LogP contribution in [0.4, 0.5) is 0 Å². The molecule has 100 valence electrons. The average Bonchev–Trinajstić information content (AvgIpc) is 2.58. The molecule has 2 heteroatoms. The lowest BCUT2D eigenvalue weighted by Gasteiger charge is -2.25. The molecule has 1 aliphatic heterocycles. The van der Waals surface area contributed by atoms with Gasteiger partial charge >= 0.3 is 0 Å². The van der Waals surface area contributed by atoms with E-state index in [-0.39, 0.29) is 0 Å². The van der Waals surface area contributed by atoms with Gasteiger partial charge < -0.3 is 5.73 Å². The first kappa shape index (κ1) is 13.6. The highest BCUT2D eigenvalue weighted by atomic mass is 15.2. The van der Waals surface area contributed by atoms with Gasteiger partial charge in [0.25, 0.3) is 0 Å². The Morgan fingerprint density at radius 2 is 1.83 bits per heavy atom. The standard InChI is InChI=1S/C16H26N2/c1-16(2,3)9-14-11-18(12-15(14)17)10-13-7-5-4-6-8-13/h4-8,14-15H,9-12,17H2,1-3H3/t14-,15-/m1/s1. The Morgan fingerprint density at radius 1 is 1.17 bits per heavy atom. The lowest BCUT2D eigenvalue weighted by Crippen LogP contribution is -2.31. The number of nitrogens with zero attached hydrogens (tertiary/aromatic N) is 1. The van der Waals surface area contributed by atoms with Gasteiger partial charge in [-0.1, -0.05) is 51.1 Å². The van der Waals surface area contributed by atoms with Gasteiger partial charge in [0.05, 0.1) is 0 Å². The zero-order chi connectivity index (χ0) is 13.2. The van der Waals surface area contributed by atoms with E-state index in [1.54, 1.807) is 0 Å². The first-order valence-corrected chi connectivity index (χ1v) is 6.96. The molecule has 0 saturated carbocycles. The molecule has 2 nitrogen and oxygen atoms in total. The predicted molar refractivity (Wildman–Crippen MR) is 77.3 cm³/mol. The second kappa shape index (κ2) is 5.41. The topological polar surface area (TPSA) is 29.3 Å². The summed E-state index contributed by atoms with van der Waals surface area (Å²) in [6.45, 7) is 10.1. The van der Waals surface area contributed by atoms with Crippen LogP contribution in [0.3, 0.4) is 0 Å². The molecule has 0 aliphatic carbocycles. The number of likely N-dealkylation sites (tertiary alicyclic amines) is 1. The summed E-state index contributed by atoms with van der Waals surface area (Å²) in [4.78, 5) is 2.50. The van der Waals surface area contributed by atoms with Crippen LogP contribution in [0.25, 0.3) is 0 Å². The van der Waals surface area contributed by atoms with Gasteiger partial charge in [-0.25, -0.2) is 0 Å². The van der Waals surface area contributed by atoms with E-state index in [4.69, 9.17) is 5.73 Å². The molecule has 0 spiro atoms. The van der Waals surface area contributed by atoms with E-state index >= 15 is 0 Å². The van der Waals surface area contributed by atoms with E-state index < -0.39 is 0 Å². The van der Waals surface area contributed by atoms with Crippen LogP contribution in [0.1, 0.15) is 32.8 Å². The van der Waals surface area contributed by atoms with Crippen LogP contribution in [0, 0.1) is 11.3 Å². The van der Waals surface area contributed by atoms with Crippen molar-refractivity contribution in [2.75, 3.05) is 13.1 Å². The molecule has 2 rings (SSSR count). The van der Waals surface area contributed by atoms with Gasteiger partial charge in [0, 0.05) is 25.7 Å². The van der Waals surface area contributed by atoms with Crippen molar-refractivity contribution in [3.63, 3.8) is 0 Å². The molecule has 2 atom stereocenters. The highest BCUT2D eigenvalue weighted by Gasteiger charge is 2.32. The third-order valence-corrected chi connectivity index (χ3v) is 3.69. The number of hydrogen-bond donors (Lipinski definition) is 1. The summed E-state index contributed by atoms with van der Waals surface area (Å²) in [7, 11) is 0. The maximum absolute atomic E-state index is 6.29. The van der Waals surface area contributed by atoms with Gasteiger partial charge in [0.1, 0.15) is 0 Å². The van der Waals surface area contributed by atoms with E-state index in [0.29, 0.717) is 17.4 Å². The zero-order valence-electron chi connectivity index (χ0n) is 11.9. The third kappa shape index (κ3) is 3.82. The molecule has 18 heavy (non-hydrogen) atoms. The largest absolute Gasteiger partial charge is 0.326 e. The molecular weight excluding hydrogens is 220 g/mol. The summed E-state index contributed by atoms with van der Waals surface area (Å²) in [6, 6.07) is 11.0. The fourth-order valence-electron chi connectivity index (χ4n) is 2.96. The quantitative estimate of drug-likeness (QED) is 0.888. The van der Waals surface area contributed by atoms with Gasteiger partial charge in [0.2, 0.25) is 0 Å². The lowest BCUT2D eigenvalue weighted by molar-refractivity contribution is 0.265. The van der Waals surface area contributed by atoms with E-state index in [2.05, 4.69) is 56.0 Å². The van der Waals surface area contributed by atoms with Crippen LogP contribution in [0.5, 0.6) is 0 Å². The minimum Gasteiger partial charge on any atom is -0.326 e. The monoisotopic (exact) mass is 246 g/mol. The predicted octanol–water partition coefficient (Wildman–Crippen LogP) is 2.88. The summed E-state index contributed by atoms with van der Waals surface area (Å²) in [5.74, 6) is 0.647. The fraction of sp³-hybridized carbons (Fsp3) is 0.625. The van der Waals surface area contributed by atoms with Gasteiger partial charge in [-0.05, 0) is 23.3 Å². The van der Waals surface area contributed by atoms with E-state index in [0.717, 1.165) is 19.6 Å². The van der Waals surface area contributed by atoms with Crippen molar-refractivity contribution in [3.05, 3.63) is 35.9 Å². The molecule has 1 aromatic carbocycles. The second-order valence-electron chi connectivity index (χ2n) is 6.87. The Kier molecular flexibility index (Phi) is 4.08. The number of nitrogens with two attached hydrogens (primary N) is 1. The molecule has 0 amide bonds. The Hall–Kier alpha value is -0.860. The molecule has 1 aliphatic rings. The summed E-state index contributed by atoms with van der Waals surface area (Å²) in [5.41, 5.74) is 8.06. The highest BCUT2D eigenvalue weighted by Crippen LogP contribution is 2.30. The first-order valence-electron chi connectivity index (χ1n) is 6.96. The number of hydrogen-bond acceptors (Lipinski definition) is 2. The lowest BCUT2D eigenvalue weighted by atomic mass is 9.83. The van der Waals surface area contributed by atoms with Crippen molar-refractivity contribution in [2.24, 2.45) is 17.1 Å². The molecule has 0 bridgehead atoms. The van der Waals surface area contributed by atoms with Crippen LogP contribution in [-0.4, -0.2) is 24.0 Å². The molecular formula is C16H26N2. The third-order valence-electron chi connectivity index (χ3n) is 3.69. The normalized spacial score (nSPS) is 25.6. The molecule has 1 heterocycles. The minimum atomic E-state index is 0.341. The summed E-state index contributed by atoms with van der Waals surface area (Å²) >= 11 is 0. The molecule has 0 aromatic heterocycles. The van der Waals surface area contributed by atoms with Crippen molar-refractivity contribution in [3.8, 4) is 0 Å². The second-order valence-corrected chi connectivity index (χ2v) is 6.87. The Morgan fingerprint density at radius 3 is 2.44 bits per heavy atom. The van der Waals surface area contributed by atoms with Crippen LogP contribution < -0.4 is 5.73 Å². The van der Waals surface area contributed by atoms with Crippen molar-refractivity contribution in [2.45, 2.75) is 39.8 Å². The molecule has 1 aromatic rings. The van der Waals surface area contributed by atoms with Gasteiger partial charge in [-0.2, -0.15) is 0 Å². The summed E-state index contributed by atoms with van der Waals surface area (Å²) in [5, 5.41) is 0. The summed E-state index contributed by atoms with van der Waals surface area (Å²) in [6.07, 6.45) is 1.22. The van der Waals surface area contributed by atoms with Crippen LogP contribution in [-0.2, 0) is 6.54 Å². The Labute approximate surface area is 111 Å². The summed E-state index contributed by atoms with van der Waals surface area (Å²) < 4.78 is 0. The van der Waals surface area contributed by atoms with Crippen molar-refractivity contribution in [1.82, 2.24) is 4.90 Å². The van der Waals surface area contributed by atoms with E-state index in [1.807, 2.05) is 0 Å². The molecule has 1 fully saturated rings. The van der Waals surface area contributed by atoms with Crippen molar-refractivity contribution < 1.29 is 0 Å². The molecule has 2 N–H and O–H groups in total. The average molecular weight is 246 g/mol. The van der Waals surface area contributed by atoms with E-state index in [9.17, 15) is 0 Å². The molecule has 1 saturated heterocycles. The van der Waals surface area contributed by atoms with E-state index in [1.165, 1.54) is 12.0 Å². The van der Waals surface area contributed by atoms with Crippen LogP contribution in [0.15, 0.2) is 30.3 Å². The number of rotatable bonds is 3. The van der Waals surface area contributed by atoms with Crippen LogP contribution >= 0.6 is 0 Å². The SMILES string of the molecule is CC(C)(C)C[C@@H]1CN(Cc2ccccc2)C[C@H]1N. The smallest absolute Gasteiger partial charge is 0.0234 e. The fourth-order valence-corrected chi connectivity index (χ4v) is 2.96. The maximum atomic E-state index is 6.29. The Balaban J connectivity index is 1.91. The molecule has 0 unspecified atom stereocenters. The van der Waals surface area contributed by atoms with Gasteiger partial charge in [-0.15, -0.1) is 0 Å². The highest BCUT2D eigenvalue weighted by molar-refractivity contribution is 5.14. The maximum Gasteiger partial charge on any atom is 0.0234 e. The van der Waals surface area contributed by atoms with Crippen molar-refractivity contribution >= 4 is 0 Å². The van der Waals surface area contributed by atoms with Crippen LogP contribution in [0.2, 0.25) is 0 Å². The minimum absolute atomic E-state index is 0.341. The number of benzene rings is 1.